The Morgan fingerprint density at radius 3 is 2.80 bits per heavy atom. The number of ether oxygens (including phenoxy) is 1. The summed E-state index contributed by atoms with van der Waals surface area (Å²) in [6.07, 6.45) is 1.02. The minimum absolute atomic E-state index is 0.0211. The first-order valence-corrected chi connectivity index (χ1v) is 9.02. The normalized spacial score (nSPS) is 13.9. The maximum absolute atomic E-state index is 12.2. The van der Waals surface area contributed by atoms with Crippen molar-refractivity contribution < 1.29 is 14.3 Å². The third-order valence-electron chi connectivity index (χ3n) is 4.05. The van der Waals surface area contributed by atoms with E-state index in [0.717, 1.165) is 25.1 Å². The van der Waals surface area contributed by atoms with E-state index in [4.69, 9.17) is 10.5 Å². The van der Waals surface area contributed by atoms with Crippen LogP contribution in [0.25, 0.3) is 0 Å². The average Bonchev–Trinajstić information content (AvgIpc) is 3.07. The predicted molar refractivity (Wildman–Crippen MR) is 96.3 cm³/mol. The zero-order valence-electron chi connectivity index (χ0n) is 13.9. The lowest BCUT2D eigenvalue weighted by atomic mass is 10.1. The van der Waals surface area contributed by atoms with E-state index >= 15 is 0 Å². The topological polar surface area (TPSA) is 84.7 Å². The number of nitrogens with zero attached hydrogens (tertiary/aromatic N) is 1. The van der Waals surface area contributed by atoms with Crippen molar-refractivity contribution in [3.05, 3.63) is 51.7 Å². The molecule has 0 atom stereocenters. The van der Waals surface area contributed by atoms with Gasteiger partial charge in [0.05, 0.1) is 6.54 Å². The summed E-state index contributed by atoms with van der Waals surface area (Å²) in [6, 6.07) is 9.37. The van der Waals surface area contributed by atoms with Gasteiger partial charge in [-0.15, -0.1) is 11.3 Å². The first-order chi connectivity index (χ1) is 12.1. The first-order valence-electron chi connectivity index (χ1n) is 8.14. The van der Waals surface area contributed by atoms with Gasteiger partial charge in [0.15, 0.2) is 6.61 Å². The molecule has 0 radical (unpaired) electrons. The number of primary amides is 1. The Morgan fingerprint density at radius 1 is 1.24 bits per heavy atom. The molecule has 132 valence electrons. The molecule has 3 rings (SSSR count). The molecular formula is C18H21N3O3S. The number of carbonyl (C=O) groups is 2. The van der Waals surface area contributed by atoms with Gasteiger partial charge in [-0.3, -0.25) is 14.5 Å². The molecule has 0 saturated carbocycles. The smallest absolute Gasteiger partial charge is 0.255 e. The second-order valence-corrected chi connectivity index (χ2v) is 7.01. The molecule has 0 spiro atoms. The van der Waals surface area contributed by atoms with Crippen molar-refractivity contribution in [2.24, 2.45) is 5.73 Å². The molecule has 1 aromatic carbocycles. The molecule has 0 fully saturated rings. The largest absolute Gasteiger partial charge is 0.484 e. The third-order valence-corrected chi connectivity index (χ3v) is 5.07. The van der Waals surface area contributed by atoms with E-state index in [9.17, 15) is 9.59 Å². The summed E-state index contributed by atoms with van der Waals surface area (Å²) in [5, 5.41) is 5.06. The highest BCUT2D eigenvalue weighted by atomic mass is 32.1. The molecule has 1 aromatic heterocycles. The van der Waals surface area contributed by atoms with Gasteiger partial charge in [0.25, 0.3) is 5.91 Å². The van der Waals surface area contributed by atoms with Crippen LogP contribution >= 0.6 is 11.3 Å². The van der Waals surface area contributed by atoms with Crippen LogP contribution in [-0.4, -0.2) is 36.4 Å². The summed E-state index contributed by atoms with van der Waals surface area (Å²) in [7, 11) is 0. The van der Waals surface area contributed by atoms with Gasteiger partial charge in [-0.05, 0) is 41.1 Å². The van der Waals surface area contributed by atoms with Gasteiger partial charge in [-0.1, -0.05) is 12.1 Å². The minimum Gasteiger partial charge on any atom is -0.484 e. The molecule has 0 saturated heterocycles. The Kier molecular flexibility index (Phi) is 5.67. The molecule has 7 heteroatoms. The molecule has 2 amide bonds. The Hall–Kier alpha value is -2.38. The van der Waals surface area contributed by atoms with E-state index in [1.807, 2.05) is 12.1 Å². The molecule has 2 aromatic rings. The minimum atomic E-state index is -0.511. The maximum atomic E-state index is 12.2. The van der Waals surface area contributed by atoms with E-state index < -0.39 is 5.91 Å². The lowest BCUT2D eigenvalue weighted by molar-refractivity contribution is -0.122. The number of benzene rings is 1. The number of hydrogen-bond acceptors (Lipinski definition) is 5. The zero-order valence-corrected chi connectivity index (χ0v) is 14.7. The third kappa shape index (κ3) is 5.04. The Balaban J connectivity index is 1.42. The highest BCUT2D eigenvalue weighted by molar-refractivity contribution is 7.10. The van der Waals surface area contributed by atoms with Gasteiger partial charge >= 0.3 is 0 Å². The van der Waals surface area contributed by atoms with Crippen LogP contribution in [0.4, 0.5) is 0 Å². The van der Waals surface area contributed by atoms with Crippen molar-refractivity contribution >= 4 is 23.2 Å². The molecule has 2 heterocycles. The molecule has 1 aliphatic heterocycles. The molecule has 25 heavy (non-hydrogen) atoms. The number of nitrogens with one attached hydrogen (secondary N) is 1. The van der Waals surface area contributed by atoms with E-state index in [2.05, 4.69) is 21.7 Å². The van der Waals surface area contributed by atoms with E-state index in [-0.39, 0.29) is 12.5 Å². The molecule has 1 aliphatic rings. The van der Waals surface area contributed by atoms with Crippen molar-refractivity contribution in [2.45, 2.75) is 19.5 Å². The first kappa shape index (κ1) is 17.4. The van der Waals surface area contributed by atoms with Crippen molar-refractivity contribution in [1.29, 1.82) is 0 Å². The fraction of sp³-hybridized carbons (Fsp3) is 0.333. The fourth-order valence-corrected chi connectivity index (χ4v) is 3.65. The highest BCUT2D eigenvalue weighted by Gasteiger charge is 2.18. The van der Waals surface area contributed by atoms with Crippen molar-refractivity contribution in [3.63, 3.8) is 0 Å². The van der Waals surface area contributed by atoms with Gasteiger partial charge in [0.1, 0.15) is 5.75 Å². The summed E-state index contributed by atoms with van der Waals surface area (Å²) in [4.78, 5) is 26.4. The monoisotopic (exact) mass is 359 g/mol. The number of thiophene rings is 1. The fourth-order valence-electron chi connectivity index (χ4n) is 2.76. The second-order valence-electron chi connectivity index (χ2n) is 6.01. The molecule has 0 bridgehead atoms. The predicted octanol–water partition coefficient (Wildman–Crippen LogP) is 1.29. The summed E-state index contributed by atoms with van der Waals surface area (Å²) >= 11 is 1.80. The molecule has 0 aliphatic carbocycles. The molecular weight excluding hydrogens is 338 g/mol. The van der Waals surface area contributed by atoms with Crippen LogP contribution in [0.5, 0.6) is 5.75 Å². The van der Waals surface area contributed by atoms with Crippen LogP contribution < -0.4 is 15.8 Å². The van der Waals surface area contributed by atoms with Gasteiger partial charge < -0.3 is 15.8 Å². The number of nitrogens with two attached hydrogens (primary N) is 1. The van der Waals surface area contributed by atoms with Crippen LogP contribution in [0.2, 0.25) is 0 Å². The van der Waals surface area contributed by atoms with E-state index in [1.165, 1.54) is 10.4 Å². The van der Waals surface area contributed by atoms with E-state index in [0.29, 0.717) is 18.8 Å². The molecule has 3 N–H and O–H groups in total. The SMILES string of the molecule is NC(=O)COc1ccc(CNC(=O)CN2CCc3sccc3C2)cc1. The van der Waals surface area contributed by atoms with Gasteiger partial charge in [0.2, 0.25) is 5.91 Å². The standard InChI is InChI=1S/C18H21N3O3S/c19-17(22)12-24-15-3-1-13(2-4-15)9-20-18(23)11-21-7-5-16-14(10-21)6-8-25-16/h1-4,6,8H,5,7,9-12H2,(H2,19,22)(H,20,23). The van der Waals surface area contributed by atoms with Crippen LogP contribution in [0.3, 0.4) is 0 Å². The lowest BCUT2D eigenvalue weighted by Gasteiger charge is -2.26. The van der Waals surface area contributed by atoms with Gasteiger partial charge in [-0.2, -0.15) is 0 Å². The molecule has 6 nitrogen and oxygen atoms in total. The number of carbonyl (C=O) groups excluding carboxylic acids is 2. The number of rotatable bonds is 7. The summed E-state index contributed by atoms with van der Waals surface area (Å²) in [5.41, 5.74) is 7.35. The summed E-state index contributed by atoms with van der Waals surface area (Å²) < 4.78 is 5.20. The average molecular weight is 359 g/mol. The molecule has 0 unspecified atom stereocenters. The van der Waals surface area contributed by atoms with Crippen molar-refractivity contribution in [2.75, 3.05) is 19.7 Å². The lowest BCUT2D eigenvalue weighted by Crippen LogP contribution is -2.39. The Morgan fingerprint density at radius 2 is 2.04 bits per heavy atom. The number of amides is 2. The quantitative estimate of drug-likeness (QED) is 0.780. The van der Waals surface area contributed by atoms with Crippen molar-refractivity contribution in [3.8, 4) is 5.75 Å². The van der Waals surface area contributed by atoms with Crippen LogP contribution in [0.1, 0.15) is 16.0 Å². The summed E-state index contributed by atoms with van der Waals surface area (Å²) in [6.45, 7) is 2.50. The number of hydrogen-bond donors (Lipinski definition) is 2. The van der Waals surface area contributed by atoms with E-state index in [1.54, 1.807) is 23.5 Å². The van der Waals surface area contributed by atoms with Gasteiger partial charge in [-0.25, -0.2) is 0 Å². The number of fused-ring (bicyclic) bond motifs is 1. The van der Waals surface area contributed by atoms with Crippen LogP contribution in [0.15, 0.2) is 35.7 Å². The van der Waals surface area contributed by atoms with Crippen molar-refractivity contribution in [1.82, 2.24) is 10.2 Å². The van der Waals surface area contributed by atoms with Gasteiger partial charge in [0, 0.05) is 24.5 Å². The summed E-state index contributed by atoms with van der Waals surface area (Å²) in [5.74, 6) is 0.0881. The highest BCUT2D eigenvalue weighted by Crippen LogP contribution is 2.23. The van der Waals surface area contributed by atoms with Crippen LogP contribution in [0, 0.1) is 0 Å². The second kappa shape index (κ2) is 8.13. The van der Waals surface area contributed by atoms with Crippen LogP contribution in [-0.2, 0) is 29.1 Å². The zero-order chi connectivity index (χ0) is 17.6. The Labute approximate surface area is 150 Å². The maximum Gasteiger partial charge on any atom is 0.255 e. The Bertz CT molecular complexity index is 742.